The maximum atomic E-state index is 5.97. The van der Waals surface area contributed by atoms with Crippen LogP contribution in [0.25, 0.3) is 0 Å². The Bertz CT molecular complexity index is 599. The van der Waals surface area contributed by atoms with E-state index in [1.54, 1.807) is 18.4 Å². The topological polar surface area (TPSA) is 56.5 Å². The molecule has 1 aromatic heterocycles. The molecule has 2 unspecified atom stereocenters. The third kappa shape index (κ3) is 3.11. The number of hydrazine groups is 1. The molecular weight excluding hydrogens is 284 g/mol. The van der Waals surface area contributed by atoms with Crippen molar-refractivity contribution in [1.29, 1.82) is 0 Å². The van der Waals surface area contributed by atoms with E-state index >= 15 is 0 Å². The Morgan fingerprint density at radius 2 is 2.33 bits per heavy atom. The van der Waals surface area contributed by atoms with Crippen LogP contribution in [0, 0.1) is 0 Å². The minimum Gasteiger partial charge on any atom is -0.496 e. The first-order valence-corrected chi connectivity index (χ1v) is 7.97. The van der Waals surface area contributed by atoms with Gasteiger partial charge in [0.2, 0.25) is 0 Å². The highest BCUT2D eigenvalue weighted by atomic mass is 32.1. The number of benzene rings is 1. The van der Waals surface area contributed by atoms with Crippen molar-refractivity contribution in [3.8, 4) is 5.75 Å². The van der Waals surface area contributed by atoms with Crippen LogP contribution in [0.1, 0.15) is 34.6 Å². The van der Waals surface area contributed by atoms with Crippen molar-refractivity contribution in [2.75, 3.05) is 13.7 Å². The molecule has 2 atom stereocenters. The molecule has 0 spiro atoms. The molecule has 1 aliphatic rings. The molecule has 0 bridgehead atoms. The van der Waals surface area contributed by atoms with Crippen molar-refractivity contribution in [2.45, 2.75) is 25.0 Å². The van der Waals surface area contributed by atoms with Crippen molar-refractivity contribution < 1.29 is 9.47 Å². The Kier molecular flexibility index (Phi) is 4.55. The van der Waals surface area contributed by atoms with Crippen molar-refractivity contribution in [2.24, 2.45) is 5.84 Å². The molecule has 4 nitrogen and oxygen atoms in total. The van der Waals surface area contributed by atoms with Crippen LogP contribution in [0.5, 0.6) is 5.75 Å². The van der Waals surface area contributed by atoms with Crippen molar-refractivity contribution in [3.63, 3.8) is 0 Å². The van der Waals surface area contributed by atoms with Gasteiger partial charge >= 0.3 is 0 Å². The average Bonchev–Trinajstić information content (AvgIpc) is 3.01. The monoisotopic (exact) mass is 304 g/mol. The number of nitrogens with two attached hydrogens (primary N) is 1. The van der Waals surface area contributed by atoms with Crippen LogP contribution in [0.15, 0.2) is 35.7 Å². The molecule has 3 N–H and O–H groups in total. The van der Waals surface area contributed by atoms with E-state index in [0.717, 1.165) is 25.2 Å². The fourth-order valence-electron chi connectivity index (χ4n) is 2.78. The number of fused-ring (bicyclic) bond motifs is 1. The standard InChI is InChI=1S/C16H20N2O2S/c1-19-12-8-16(21-10-12)14(18-17)9-15-13-5-3-2-4-11(13)6-7-20-15/h2-5,8,10,14-15,18H,6-7,9,17H2,1H3. The third-order valence-corrected chi connectivity index (χ3v) is 4.94. The number of methoxy groups -OCH3 is 1. The van der Waals surface area contributed by atoms with Crippen LogP contribution >= 0.6 is 11.3 Å². The van der Waals surface area contributed by atoms with Crippen LogP contribution in [-0.4, -0.2) is 13.7 Å². The quantitative estimate of drug-likeness (QED) is 0.658. The van der Waals surface area contributed by atoms with Crippen LogP contribution < -0.4 is 16.0 Å². The summed E-state index contributed by atoms with van der Waals surface area (Å²) in [5.41, 5.74) is 5.58. The first-order chi connectivity index (χ1) is 10.3. The van der Waals surface area contributed by atoms with E-state index in [2.05, 4.69) is 29.7 Å². The lowest BCUT2D eigenvalue weighted by Gasteiger charge is -2.28. The van der Waals surface area contributed by atoms with Gasteiger partial charge in [0, 0.05) is 10.3 Å². The Balaban J connectivity index is 1.78. The van der Waals surface area contributed by atoms with Gasteiger partial charge in [0.15, 0.2) is 0 Å². The molecule has 112 valence electrons. The summed E-state index contributed by atoms with van der Waals surface area (Å²) < 4.78 is 11.2. The van der Waals surface area contributed by atoms with Gasteiger partial charge in [-0.25, -0.2) is 0 Å². The maximum absolute atomic E-state index is 5.97. The minimum absolute atomic E-state index is 0.0649. The summed E-state index contributed by atoms with van der Waals surface area (Å²) in [6.07, 6.45) is 1.89. The molecule has 1 aromatic carbocycles. The van der Waals surface area contributed by atoms with Gasteiger partial charge in [-0.3, -0.25) is 11.3 Å². The zero-order valence-corrected chi connectivity index (χ0v) is 12.9. The van der Waals surface area contributed by atoms with Gasteiger partial charge in [0.05, 0.1) is 25.9 Å². The Hall–Kier alpha value is -1.40. The summed E-state index contributed by atoms with van der Waals surface area (Å²) in [5.74, 6) is 6.63. The highest BCUT2D eigenvalue weighted by Crippen LogP contribution is 2.36. The summed E-state index contributed by atoms with van der Waals surface area (Å²) >= 11 is 1.65. The Morgan fingerprint density at radius 1 is 1.48 bits per heavy atom. The second-order valence-corrected chi connectivity index (χ2v) is 6.09. The molecule has 3 rings (SSSR count). The largest absolute Gasteiger partial charge is 0.496 e. The zero-order chi connectivity index (χ0) is 14.7. The number of thiophene rings is 1. The van der Waals surface area contributed by atoms with Gasteiger partial charge in [-0.05, 0) is 30.0 Å². The predicted octanol–water partition coefficient (Wildman–Crippen LogP) is 2.97. The SMILES string of the molecule is COc1csc(C(CC2OCCc3ccccc32)NN)c1. The van der Waals surface area contributed by atoms with E-state index in [1.165, 1.54) is 16.0 Å². The van der Waals surface area contributed by atoms with Gasteiger partial charge in [-0.1, -0.05) is 24.3 Å². The number of ether oxygens (including phenoxy) is 2. The van der Waals surface area contributed by atoms with Gasteiger partial charge in [-0.2, -0.15) is 0 Å². The van der Waals surface area contributed by atoms with E-state index in [4.69, 9.17) is 15.3 Å². The molecule has 2 aromatic rings. The van der Waals surface area contributed by atoms with Crippen LogP contribution in [-0.2, 0) is 11.2 Å². The van der Waals surface area contributed by atoms with E-state index in [-0.39, 0.29) is 12.1 Å². The number of hydrogen-bond donors (Lipinski definition) is 2. The second-order valence-electron chi connectivity index (χ2n) is 5.15. The number of rotatable bonds is 5. The lowest BCUT2D eigenvalue weighted by Crippen LogP contribution is -2.30. The first-order valence-electron chi connectivity index (χ1n) is 7.09. The van der Waals surface area contributed by atoms with E-state index in [1.807, 2.05) is 11.4 Å². The lowest BCUT2D eigenvalue weighted by atomic mass is 9.93. The van der Waals surface area contributed by atoms with Gasteiger partial charge in [0.1, 0.15) is 5.75 Å². The molecular formula is C16H20N2O2S. The highest BCUT2D eigenvalue weighted by molar-refractivity contribution is 7.10. The van der Waals surface area contributed by atoms with Crippen molar-refractivity contribution in [1.82, 2.24) is 5.43 Å². The molecule has 0 aliphatic carbocycles. The Labute approximate surface area is 128 Å². The fraction of sp³-hybridized carbons (Fsp3) is 0.375. The van der Waals surface area contributed by atoms with Crippen LogP contribution in [0.4, 0.5) is 0 Å². The first kappa shape index (κ1) is 14.5. The maximum Gasteiger partial charge on any atom is 0.129 e. The third-order valence-electron chi connectivity index (χ3n) is 3.92. The summed E-state index contributed by atoms with van der Waals surface area (Å²) in [5, 5.41) is 2.00. The minimum atomic E-state index is 0.0649. The number of hydrogen-bond acceptors (Lipinski definition) is 5. The predicted molar refractivity (Wildman–Crippen MR) is 84.4 cm³/mol. The smallest absolute Gasteiger partial charge is 0.129 e. The summed E-state index contributed by atoms with van der Waals surface area (Å²) in [7, 11) is 1.68. The molecule has 5 heteroatoms. The van der Waals surface area contributed by atoms with E-state index < -0.39 is 0 Å². The molecule has 0 saturated heterocycles. The van der Waals surface area contributed by atoms with E-state index in [0.29, 0.717) is 0 Å². The summed E-state index contributed by atoms with van der Waals surface area (Å²) in [6, 6.07) is 10.6. The molecule has 21 heavy (non-hydrogen) atoms. The summed E-state index contributed by atoms with van der Waals surface area (Å²) in [6.45, 7) is 0.771. The molecule has 1 aliphatic heterocycles. The summed E-state index contributed by atoms with van der Waals surface area (Å²) in [4.78, 5) is 1.17. The van der Waals surface area contributed by atoms with Crippen molar-refractivity contribution in [3.05, 3.63) is 51.7 Å². The Morgan fingerprint density at radius 3 is 3.10 bits per heavy atom. The van der Waals surface area contributed by atoms with E-state index in [9.17, 15) is 0 Å². The second kappa shape index (κ2) is 6.58. The molecule has 0 fully saturated rings. The van der Waals surface area contributed by atoms with Gasteiger partial charge in [-0.15, -0.1) is 11.3 Å². The average molecular weight is 304 g/mol. The van der Waals surface area contributed by atoms with Crippen molar-refractivity contribution >= 4 is 11.3 Å². The molecule has 0 amide bonds. The fourth-order valence-corrected chi connectivity index (χ4v) is 3.71. The normalized spacial score (nSPS) is 19.0. The molecule has 0 saturated carbocycles. The van der Waals surface area contributed by atoms with Crippen LogP contribution in [0.2, 0.25) is 0 Å². The lowest BCUT2D eigenvalue weighted by molar-refractivity contribution is 0.0295. The molecule has 0 radical (unpaired) electrons. The highest BCUT2D eigenvalue weighted by Gasteiger charge is 2.25. The van der Waals surface area contributed by atoms with Crippen LogP contribution in [0.3, 0.4) is 0 Å². The van der Waals surface area contributed by atoms with Gasteiger partial charge in [0.25, 0.3) is 0 Å². The van der Waals surface area contributed by atoms with Gasteiger partial charge < -0.3 is 9.47 Å². The molecule has 2 heterocycles. The zero-order valence-electron chi connectivity index (χ0n) is 12.0. The number of nitrogens with one attached hydrogen (secondary N) is 1.